The van der Waals surface area contributed by atoms with E-state index in [9.17, 15) is 4.79 Å². The summed E-state index contributed by atoms with van der Waals surface area (Å²) in [4.78, 5) is 14.2. The van der Waals surface area contributed by atoms with Crippen molar-refractivity contribution < 1.29 is 101 Å². The van der Waals surface area contributed by atoms with Gasteiger partial charge in [0.2, 0.25) is 5.91 Å². The first-order valence-corrected chi connectivity index (χ1v) is 6.71. The van der Waals surface area contributed by atoms with Gasteiger partial charge in [0.1, 0.15) is 5.69 Å². The molecule has 1 aliphatic rings. The Hall–Kier alpha value is 1.55. The van der Waals surface area contributed by atoms with Crippen molar-refractivity contribution in [2.45, 2.75) is 26.2 Å². The van der Waals surface area contributed by atoms with Crippen molar-refractivity contribution in [2.24, 2.45) is 0 Å². The third-order valence-corrected chi connectivity index (χ3v) is 4.32. The van der Waals surface area contributed by atoms with Crippen molar-refractivity contribution in [1.29, 1.82) is 0 Å². The summed E-state index contributed by atoms with van der Waals surface area (Å²) in [5.41, 5.74) is 3.62. The molecule has 1 amide bonds. The van der Waals surface area contributed by atoms with Crippen LogP contribution in [0.25, 0.3) is 10.6 Å². The number of amides is 1. The number of aryl methyl sites for hydroxylation is 2. The molecule has 1 radical (unpaired) electrons. The smallest absolute Gasteiger partial charge is 0.239 e. The standard InChI is InChI=1S/C13H14N3OS.3W.Y/c1-7-6-8-4-3-5-9-10(12(8)18-7)15-16-11(9)13(17)14-2;;;;/h6H,2-5H2,1H3,(H2,14,15,16,17);;;;/q-1;;;;/p-1. The van der Waals surface area contributed by atoms with E-state index in [1.807, 2.05) is 0 Å². The Morgan fingerprint density at radius 3 is 2.68 bits per heavy atom. The Kier molecular flexibility index (Phi) is 13.2. The second-order valence-electron chi connectivity index (χ2n) is 4.45. The molecule has 0 aliphatic heterocycles. The molecule has 0 atom stereocenters. The minimum Gasteiger partial charge on any atom is -0.573 e. The number of fused-ring (bicyclic) bond motifs is 3. The van der Waals surface area contributed by atoms with E-state index in [4.69, 9.17) is 0 Å². The van der Waals surface area contributed by atoms with Gasteiger partial charge >= 0.3 is 0 Å². The van der Waals surface area contributed by atoms with Crippen LogP contribution in [0.5, 0.6) is 0 Å². The summed E-state index contributed by atoms with van der Waals surface area (Å²) in [6.07, 6.45) is 2.92. The van der Waals surface area contributed by atoms with Crippen LogP contribution >= 0.6 is 11.3 Å². The van der Waals surface area contributed by atoms with E-state index in [0.717, 1.165) is 30.5 Å². The van der Waals surface area contributed by atoms with E-state index in [1.54, 1.807) is 11.3 Å². The average molecular weight is 900 g/mol. The molecule has 1 N–H and O–H groups in total. The van der Waals surface area contributed by atoms with Crippen molar-refractivity contribution in [3.63, 3.8) is 0 Å². The monoisotopic (exact) mass is 900 g/mol. The molecular weight excluding hydrogens is 887 g/mol. The van der Waals surface area contributed by atoms with Crippen LogP contribution in [-0.2, 0) is 109 Å². The maximum absolute atomic E-state index is 11.7. The zero-order valence-electron chi connectivity index (χ0n) is 11.9. The molecule has 0 saturated heterocycles. The molecule has 0 fully saturated rings. The minimum absolute atomic E-state index is 0. The Morgan fingerprint density at radius 2 is 2.05 bits per heavy atom. The first kappa shape index (κ1) is 25.8. The van der Waals surface area contributed by atoms with Gasteiger partial charge in [0, 0.05) is 106 Å². The fourth-order valence-electron chi connectivity index (χ4n) is 2.43. The maximum atomic E-state index is 11.7. The van der Waals surface area contributed by atoms with Crippen LogP contribution in [0.1, 0.15) is 32.9 Å². The molecular formula is C13H13N3OSW3Y-2. The molecule has 4 nitrogen and oxygen atoms in total. The van der Waals surface area contributed by atoms with Gasteiger partial charge in [-0.25, -0.2) is 0 Å². The Labute approximate surface area is 202 Å². The van der Waals surface area contributed by atoms with Gasteiger partial charge in [0.15, 0.2) is 0 Å². The third kappa shape index (κ3) is 5.03. The molecule has 0 aromatic carbocycles. The Bertz CT molecular complexity index is 630. The zero-order valence-corrected chi connectivity index (χ0v) is 24.4. The second-order valence-corrected chi connectivity index (χ2v) is 5.70. The number of nitrogens with zero attached hydrogens (tertiary/aromatic N) is 2. The maximum Gasteiger partial charge on any atom is 0.239 e. The van der Waals surface area contributed by atoms with E-state index >= 15 is 0 Å². The van der Waals surface area contributed by atoms with Crippen LogP contribution in [0.2, 0.25) is 0 Å². The molecule has 3 rings (SSSR count). The molecule has 0 unspecified atom stereocenters. The molecule has 115 valence electrons. The molecule has 0 spiro atoms. The summed E-state index contributed by atoms with van der Waals surface area (Å²) in [6, 6.07) is 2.21. The van der Waals surface area contributed by atoms with Crippen LogP contribution in [-0.4, -0.2) is 11.0 Å². The summed E-state index contributed by atoms with van der Waals surface area (Å²) in [5.74, 6) is -0.250. The van der Waals surface area contributed by atoms with Crippen LogP contribution in [0, 0.1) is 14.0 Å². The number of hydrogen-bond donors (Lipinski definition) is 1. The molecule has 2 heterocycles. The van der Waals surface area contributed by atoms with Crippen LogP contribution in [0.15, 0.2) is 6.07 Å². The van der Waals surface area contributed by atoms with Crippen molar-refractivity contribution in [1.82, 2.24) is 15.5 Å². The van der Waals surface area contributed by atoms with E-state index in [0.29, 0.717) is 5.69 Å². The third-order valence-electron chi connectivity index (χ3n) is 3.22. The van der Waals surface area contributed by atoms with Crippen LogP contribution in [0.4, 0.5) is 0 Å². The van der Waals surface area contributed by atoms with Gasteiger partial charge in [-0.1, -0.05) is 5.69 Å². The quantitative estimate of drug-likeness (QED) is 0.447. The Morgan fingerprint density at radius 1 is 1.36 bits per heavy atom. The van der Waals surface area contributed by atoms with Crippen LogP contribution < -0.4 is 10.4 Å². The fraction of sp³-hybridized carbons (Fsp3) is 0.308. The zero-order chi connectivity index (χ0) is 12.7. The topological polar surface area (TPSA) is 56.1 Å². The fourth-order valence-corrected chi connectivity index (χ4v) is 3.50. The second kappa shape index (κ2) is 11.2. The van der Waals surface area contributed by atoms with Crippen molar-refractivity contribution >= 4 is 17.2 Å². The summed E-state index contributed by atoms with van der Waals surface area (Å²) in [7, 11) is 3.40. The predicted octanol–water partition coefficient (Wildman–Crippen LogP) is 2.08. The van der Waals surface area contributed by atoms with Gasteiger partial charge in [-0.3, -0.25) is 11.8 Å². The van der Waals surface area contributed by atoms with Gasteiger partial charge in [-0.15, -0.1) is 11.3 Å². The number of nitrogens with one attached hydrogen (secondary N) is 1. The number of rotatable bonds is 1. The summed E-state index contributed by atoms with van der Waals surface area (Å²) >= 11 is 1.73. The molecule has 2 aromatic rings. The van der Waals surface area contributed by atoms with E-state index in [1.165, 1.54) is 15.3 Å². The number of aromatic nitrogens is 2. The molecule has 22 heavy (non-hydrogen) atoms. The molecule has 0 saturated carbocycles. The van der Waals surface area contributed by atoms with E-state index < -0.39 is 0 Å². The summed E-state index contributed by atoms with van der Waals surface area (Å²) in [6.45, 7) is 2.10. The SMILES string of the molecule is [CH2-]NC(=O)c1n[n-]c2c1CCCc1cc(C)sc1-2.[W].[W].[W].[Y]. The van der Waals surface area contributed by atoms with Crippen molar-refractivity contribution in [2.75, 3.05) is 0 Å². The first-order valence-electron chi connectivity index (χ1n) is 5.90. The normalized spacial score (nSPS) is 11.2. The number of thiophene rings is 1. The molecule has 0 bridgehead atoms. The van der Waals surface area contributed by atoms with Crippen LogP contribution in [0.3, 0.4) is 0 Å². The number of carbonyl (C=O) groups excluding carboxylic acids is 1. The van der Waals surface area contributed by atoms with Gasteiger partial charge in [0.25, 0.3) is 0 Å². The first-order chi connectivity index (χ1) is 8.70. The molecule has 1 aliphatic carbocycles. The van der Waals surface area contributed by atoms with Crippen molar-refractivity contribution in [3.05, 3.63) is 34.8 Å². The van der Waals surface area contributed by atoms with Gasteiger partial charge in [0.05, 0.1) is 0 Å². The largest absolute Gasteiger partial charge is 0.573 e. The Balaban J connectivity index is 0. The molecule has 9 heteroatoms. The molecule has 2 aromatic heterocycles. The number of carbonyl (C=O) groups is 1. The predicted molar refractivity (Wildman–Crippen MR) is 70.5 cm³/mol. The van der Waals surface area contributed by atoms with E-state index in [-0.39, 0.29) is 102 Å². The minimum atomic E-state index is -0.250. The number of hydrogen-bond acceptors (Lipinski definition) is 3. The average Bonchev–Trinajstić information content (AvgIpc) is 2.89. The van der Waals surface area contributed by atoms with Gasteiger partial charge in [-0.2, -0.15) is 0 Å². The summed E-state index contributed by atoms with van der Waals surface area (Å²) < 4.78 is 0. The van der Waals surface area contributed by atoms with Gasteiger partial charge < -0.3 is 15.5 Å². The van der Waals surface area contributed by atoms with Crippen molar-refractivity contribution in [3.8, 4) is 10.6 Å². The van der Waals surface area contributed by atoms with Gasteiger partial charge in [-0.05, 0) is 43.4 Å². The summed E-state index contributed by atoms with van der Waals surface area (Å²) in [5, 5.41) is 10.6. The van der Waals surface area contributed by atoms with E-state index in [2.05, 4.69) is 35.6 Å².